The number of likely N-dealkylation sites (tertiary alicyclic amines) is 1. The topological polar surface area (TPSA) is 41.6 Å². The Balaban J connectivity index is 1.39. The van der Waals surface area contributed by atoms with Gasteiger partial charge in [0, 0.05) is 24.5 Å². The van der Waals surface area contributed by atoms with Gasteiger partial charge in [-0.1, -0.05) is 12.1 Å². The summed E-state index contributed by atoms with van der Waals surface area (Å²) in [4.78, 5) is 14.4. The fraction of sp³-hybridized carbons (Fsp3) is 0.381. The van der Waals surface area contributed by atoms with E-state index in [1.54, 1.807) is 12.1 Å². The predicted octanol–water partition coefficient (Wildman–Crippen LogP) is 4.17. The Hall–Kier alpha value is -2.05. The number of carbonyl (C=O) groups excluding carboxylic acids is 1. The number of rotatable bonds is 7. The molecule has 2 aromatic carbocycles. The molecule has 3 rings (SSSR count). The molecule has 1 amide bonds. The number of piperidine rings is 1. The van der Waals surface area contributed by atoms with Crippen LogP contribution in [0.3, 0.4) is 0 Å². The normalized spacial score (nSPS) is 15.5. The number of nitrogens with zero attached hydrogens (tertiary/aromatic N) is 1. The summed E-state index contributed by atoms with van der Waals surface area (Å²) in [7, 11) is 2.13. The SMILES string of the molecule is CN1CCC(Oc2ccc(NC(=O)CSCc3ccc(F)cc3)cc2)CC1. The van der Waals surface area contributed by atoms with Crippen molar-refractivity contribution in [3.63, 3.8) is 0 Å². The summed E-state index contributed by atoms with van der Waals surface area (Å²) in [5.41, 5.74) is 1.77. The van der Waals surface area contributed by atoms with E-state index >= 15 is 0 Å². The molecule has 0 aromatic heterocycles. The minimum Gasteiger partial charge on any atom is -0.490 e. The zero-order chi connectivity index (χ0) is 19.1. The summed E-state index contributed by atoms with van der Waals surface area (Å²) in [5.74, 6) is 1.58. The van der Waals surface area contributed by atoms with Gasteiger partial charge in [-0.2, -0.15) is 0 Å². The second-order valence-electron chi connectivity index (χ2n) is 6.81. The maximum Gasteiger partial charge on any atom is 0.234 e. The zero-order valence-electron chi connectivity index (χ0n) is 15.5. The van der Waals surface area contributed by atoms with Crippen LogP contribution in [0.1, 0.15) is 18.4 Å². The molecule has 0 radical (unpaired) electrons. The Morgan fingerprint density at radius 1 is 1.15 bits per heavy atom. The highest BCUT2D eigenvalue weighted by atomic mass is 32.2. The number of hydrogen-bond donors (Lipinski definition) is 1. The Bertz CT molecular complexity index is 729. The van der Waals surface area contributed by atoms with Gasteiger partial charge in [-0.25, -0.2) is 4.39 Å². The van der Waals surface area contributed by atoms with Gasteiger partial charge in [-0.15, -0.1) is 11.8 Å². The van der Waals surface area contributed by atoms with Gasteiger partial charge >= 0.3 is 0 Å². The lowest BCUT2D eigenvalue weighted by Crippen LogP contribution is -2.35. The lowest BCUT2D eigenvalue weighted by Gasteiger charge is -2.29. The molecule has 1 aliphatic heterocycles. The summed E-state index contributed by atoms with van der Waals surface area (Å²) < 4.78 is 18.9. The lowest BCUT2D eigenvalue weighted by molar-refractivity contribution is -0.113. The molecule has 4 nitrogen and oxygen atoms in total. The molecule has 6 heteroatoms. The van der Waals surface area contributed by atoms with E-state index in [9.17, 15) is 9.18 Å². The van der Waals surface area contributed by atoms with Crippen LogP contribution in [-0.4, -0.2) is 42.8 Å². The van der Waals surface area contributed by atoms with Crippen molar-refractivity contribution < 1.29 is 13.9 Å². The minimum absolute atomic E-state index is 0.0499. The molecular formula is C21H25FN2O2S. The molecule has 1 heterocycles. The van der Waals surface area contributed by atoms with E-state index in [-0.39, 0.29) is 17.8 Å². The number of nitrogens with one attached hydrogen (secondary N) is 1. The second kappa shape index (κ2) is 9.76. The van der Waals surface area contributed by atoms with Gasteiger partial charge in [0.2, 0.25) is 5.91 Å². The Labute approximate surface area is 164 Å². The standard InChI is InChI=1S/C21H25FN2O2S/c1-24-12-10-20(11-13-24)26-19-8-6-18(7-9-19)23-21(25)15-27-14-16-2-4-17(22)5-3-16/h2-9,20H,10-15H2,1H3,(H,23,25). The number of hydrogen-bond acceptors (Lipinski definition) is 4. The Morgan fingerprint density at radius 2 is 1.81 bits per heavy atom. The van der Waals surface area contributed by atoms with E-state index in [2.05, 4.69) is 17.3 Å². The van der Waals surface area contributed by atoms with E-state index in [1.165, 1.54) is 23.9 Å². The third-order valence-corrected chi connectivity index (χ3v) is 5.53. The fourth-order valence-electron chi connectivity index (χ4n) is 2.95. The number of anilines is 1. The van der Waals surface area contributed by atoms with E-state index in [0.717, 1.165) is 42.9 Å². The molecule has 1 aliphatic rings. The highest BCUT2D eigenvalue weighted by Gasteiger charge is 2.17. The molecule has 0 aliphatic carbocycles. The average molecular weight is 389 g/mol. The maximum atomic E-state index is 12.9. The quantitative estimate of drug-likeness (QED) is 0.773. The second-order valence-corrected chi connectivity index (χ2v) is 7.80. The Morgan fingerprint density at radius 3 is 2.48 bits per heavy atom. The van der Waals surface area contributed by atoms with Gasteiger partial charge in [0.05, 0.1) is 5.75 Å². The lowest BCUT2D eigenvalue weighted by atomic mass is 10.1. The smallest absolute Gasteiger partial charge is 0.234 e. The first kappa shape index (κ1) is 19.7. The molecule has 0 spiro atoms. The first-order valence-corrected chi connectivity index (χ1v) is 10.3. The first-order valence-electron chi connectivity index (χ1n) is 9.16. The van der Waals surface area contributed by atoms with E-state index < -0.39 is 0 Å². The molecular weight excluding hydrogens is 363 g/mol. The van der Waals surface area contributed by atoms with Gasteiger partial charge in [0.25, 0.3) is 0 Å². The van der Waals surface area contributed by atoms with Crippen molar-refractivity contribution in [3.05, 3.63) is 59.9 Å². The van der Waals surface area contributed by atoms with Gasteiger partial charge in [0.15, 0.2) is 0 Å². The molecule has 0 atom stereocenters. The fourth-order valence-corrected chi connectivity index (χ4v) is 3.74. The van der Waals surface area contributed by atoms with Crippen LogP contribution in [-0.2, 0) is 10.5 Å². The van der Waals surface area contributed by atoms with Gasteiger partial charge in [0.1, 0.15) is 17.7 Å². The summed E-state index contributed by atoms with van der Waals surface area (Å²) >= 11 is 1.50. The largest absolute Gasteiger partial charge is 0.490 e. The summed E-state index contributed by atoms with van der Waals surface area (Å²) in [6.45, 7) is 2.13. The van der Waals surface area contributed by atoms with Crippen LogP contribution < -0.4 is 10.1 Å². The third kappa shape index (κ3) is 6.56. The molecule has 0 saturated carbocycles. The summed E-state index contributed by atoms with van der Waals surface area (Å²) in [6.07, 6.45) is 2.35. The molecule has 0 unspecified atom stereocenters. The van der Waals surface area contributed by atoms with E-state index in [4.69, 9.17) is 4.74 Å². The zero-order valence-corrected chi connectivity index (χ0v) is 16.3. The van der Waals surface area contributed by atoms with Crippen molar-refractivity contribution >= 4 is 23.4 Å². The number of benzene rings is 2. The van der Waals surface area contributed by atoms with Gasteiger partial charge < -0.3 is 15.0 Å². The van der Waals surface area contributed by atoms with Crippen LogP contribution in [0, 0.1) is 5.82 Å². The molecule has 1 N–H and O–H groups in total. The average Bonchev–Trinajstić information content (AvgIpc) is 2.67. The van der Waals surface area contributed by atoms with Crippen molar-refractivity contribution in [1.82, 2.24) is 4.90 Å². The van der Waals surface area contributed by atoms with Gasteiger partial charge in [-0.05, 0) is 61.9 Å². The van der Waals surface area contributed by atoms with E-state index in [0.29, 0.717) is 11.5 Å². The molecule has 0 bridgehead atoms. The van der Waals surface area contributed by atoms with Crippen molar-refractivity contribution in [2.75, 3.05) is 31.2 Å². The number of thioether (sulfide) groups is 1. The Kier molecular flexibility index (Phi) is 7.12. The van der Waals surface area contributed by atoms with Gasteiger partial charge in [-0.3, -0.25) is 4.79 Å². The molecule has 1 saturated heterocycles. The van der Waals surface area contributed by atoms with Crippen molar-refractivity contribution in [2.24, 2.45) is 0 Å². The van der Waals surface area contributed by atoms with Crippen LogP contribution in [0.5, 0.6) is 5.75 Å². The van der Waals surface area contributed by atoms with Crippen molar-refractivity contribution in [2.45, 2.75) is 24.7 Å². The van der Waals surface area contributed by atoms with Crippen LogP contribution >= 0.6 is 11.8 Å². The van der Waals surface area contributed by atoms with Crippen molar-refractivity contribution in [3.8, 4) is 5.75 Å². The third-order valence-electron chi connectivity index (χ3n) is 4.52. The monoisotopic (exact) mass is 388 g/mol. The number of carbonyl (C=O) groups is 1. The molecule has 1 fully saturated rings. The molecule has 2 aromatic rings. The highest BCUT2D eigenvalue weighted by molar-refractivity contribution is 7.99. The van der Waals surface area contributed by atoms with Crippen LogP contribution in [0.15, 0.2) is 48.5 Å². The number of ether oxygens (including phenoxy) is 1. The number of halogens is 1. The molecule has 27 heavy (non-hydrogen) atoms. The maximum absolute atomic E-state index is 12.9. The van der Waals surface area contributed by atoms with Crippen molar-refractivity contribution in [1.29, 1.82) is 0 Å². The highest BCUT2D eigenvalue weighted by Crippen LogP contribution is 2.21. The number of amides is 1. The van der Waals surface area contributed by atoms with Crippen LogP contribution in [0.4, 0.5) is 10.1 Å². The summed E-state index contributed by atoms with van der Waals surface area (Å²) in [5, 5.41) is 2.89. The predicted molar refractivity (Wildman–Crippen MR) is 109 cm³/mol. The molecule has 144 valence electrons. The minimum atomic E-state index is -0.246. The van der Waals surface area contributed by atoms with Crippen LogP contribution in [0.25, 0.3) is 0 Å². The van der Waals surface area contributed by atoms with E-state index in [1.807, 2.05) is 24.3 Å². The summed E-state index contributed by atoms with van der Waals surface area (Å²) in [6, 6.07) is 13.9. The first-order chi connectivity index (χ1) is 13.1. The van der Waals surface area contributed by atoms with Crippen LogP contribution in [0.2, 0.25) is 0 Å².